The van der Waals surface area contributed by atoms with Crippen molar-refractivity contribution in [1.29, 1.82) is 0 Å². The number of benzene rings is 1. The van der Waals surface area contributed by atoms with Crippen molar-refractivity contribution in [3.63, 3.8) is 0 Å². The molecule has 3 rings (SSSR count). The van der Waals surface area contributed by atoms with Crippen molar-refractivity contribution in [3.8, 4) is 0 Å². The van der Waals surface area contributed by atoms with Gasteiger partial charge in [0.2, 0.25) is 0 Å². The van der Waals surface area contributed by atoms with Gasteiger partial charge in [0, 0.05) is 5.56 Å². The first kappa shape index (κ1) is 14.0. The van der Waals surface area contributed by atoms with Crippen molar-refractivity contribution in [2.75, 3.05) is 6.61 Å². The van der Waals surface area contributed by atoms with E-state index in [0.29, 0.717) is 6.61 Å². The van der Waals surface area contributed by atoms with E-state index in [0.717, 1.165) is 5.56 Å². The average Bonchev–Trinajstić information content (AvgIpc) is 2.46. The first-order valence-electron chi connectivity index (χ1n) is 6.10. The van der Waals surface area contributed by atoms with E-state index in [4.69, 9.17) is 14.2 Å². The van der Waals surface area contributed by atoms with Crippen LogP contribution in [0.2, 0.25) is 0 Å². The van der Waals surface area contributed by atoms with Crippen LogP contribution < -0.4 is 0 Å². The van der Waals surface area contributed by atoms with Crippen LogP contribution in [0.5, 0.6) is 0 Å². The van der Waals surface area contributed by atoms with Crippen LogP contribution in [0.1, 0.15) is 11.9 Å². The first-order valence-corrected chi connectivity index (χ1v) is 7.93. The number of aliphatic hydroxyl groups excluding tert-OH is 1. The van der Waals surface area contributed by atoms with Gasteiger partial charge in [-0.2, -0.15) is 0 Å². The van der Waals surface area contributed by atoms with Crippen LogP contribution in [-0.2, 0) is 14.2 Å². The molecule has 2 fully saturated rings. The van der Waals surface area contributed by atoms with Crippen LogP contribution in [0.15, 0.2) is 30.3 Å². The SMILES string of the molecule is OC1OC2COC(c3ccccc3)OC2C(Br)C1Br. The fraction of sp³-hybridized carbons (Fsp3) is 0.538. The molecule has 2 aliphatic rings. The molecule has 6 heteroatoms. The smallest absolute Gasteiger partial charge is 0.184 e. The van der Waals surface area contributed by atoms with Gasteiger partial charge in [-0.1, -0.05) is 62.2 Å². The van der Waals surface area contributed by atoms with Gasteiger partial charge in [-0.15, -0.1) is 0 Å². The third kappa shape index (κ3) is 2.75. The van der Waals surface area contributed by atoms with Gasteiger partial charge < -0.3 is 19.3 Å². The van der Waals surface area contributed by atoms with Gasteiger partial charge >= 0.3 is 0 Å². The zero-order valence-corrected chi connectivity index (χ0v) is 13.2. The minimum Gasteiger partial charge on any atom is -0.367 e. The third-order valence-corrected chi connectivity index (χ3v) is 6.16. The zero-order chi connectivity index (χ0) is 13.4. The molecular formula is C13H14Br2O4. The van der Waals surface area contributed by atoms with E-state index in [1.165, 1.54) is 0 Å². The van der Waals surface area contributed by atoms with E-state index in [9.17, 15) is 5.11 Å². The summed E-state index contributed by atoms with van der Waals surface area (Å²) in [4.78, 5) is -0.236. The number of aliphatic hydroxyl groups is 1. The van der Waals surface area contributed by atoms with Crippen LogP contribution in [0, 0.1) is 0 Å². The Balaban J connectivity index is 1.75. The molecule has 2 aliphatic heterocycles. The summed E-state index contributed by atoms with van der Waals surface area (Å²) in [6.45, 7) is 0.406. The molecule has 1 aromatic rings. The summed E-state index contributed by atoms with van der Waals surface area (Å²) in [5.74, 6) is 0. The number of hydrogen-bond donors (Lipinski definition) is 1. The molecule has 104 valence electrons. The molecule has 1 aromatic carbocycles. The summed E-state index contributed by atoms with van der Waals surface area (Å²) in [7, 11) is 0. The number of fused-ring (bicyclic) bond motifs is 1. The van der Waals surface area contributed by atoms with Crippen molar-refractivity contribution in [2.24, 2.45) is 0 Å². The molecule has 0 aliphatic carbocycles. The van der Waals surface area contributed by atoms with E-state index >= 15 is 0 Å². The van der Waals surface area contributed by atoms with E-state index in [-0.39, 0.29) is 28.2 Å². The number of ether oxygens (including phenoxy) is 3. The maximum Gasteiger partial charge on any atom is 0.184 e. The topological polar surface area (TPSA) is 47.9 Å². The largest absolute Gasteiger partial charge is 0.367 e. The van der Waals surface area contributed by atoms with E-state index in [1.807, 2.05) is 30.3 Å². The van der Waals surface area contributed by atoms with Gasteiger partial charge in [-0.05, 0) is 0 Å². The number of rotatable bonds is 1. The Labute approximate surface area is 128 Å². The van der Waals surface area contributed by atoms with E-state index in [1.54, 1.807) is 0 Å². The number of hydrogen-bond acceptors (Lipinski definition) is 4. The Morgan fingerprint density at radius 1 is 1.05 bits per heavy atom. The highest BCUT2D eigenvalue weighted by atomic mass is 79.9. The van der Waals surface area contributed by atoms with Crippen LogP contribution in [0.4, 0.5) is 0 Å². The molecular weight excluding hydrogens is 380 g/mol. The highest BCUT2D eigenvalue weighted by molar-refractivity contribution is 9.12. The van der Waals surface area contributed by atoms with E-state index < -0.39 is 6.29 Å². The normalized spacial score (nSPS) is 42.7. The fourth-order valence-electron chi connectivity index (χ4n) is 2.32. The van der Waals surface area contributed by atoms with Gasteiger partial charge in [-0.25, -0.2) is 0 Å². The molecule has 6 unspecified atom stereocenters. The fourth-order valence-corrected chi connectivity index (χ4v) is 3.47. The predicted octanol–water partition coefficient (Wildman–Crippen LogP) is 2.34. The lowest BCUT2D eigenvalue weighted by molar-refractivity contribution is -0.304. The van der Waals surface area contributed by atoms with Gasteiger partial charge in [0.15, 0.2) is 12.6 Å². The molecule has 2 saturated heterocycles. The Hall–Kier alpha value is 0.0200. The highest BCUT2D eigenvalue weighted by Crippen LogP contribution is 2.38. The Kier molecular flexibility index (Phi) is 4.26. The quantitative estimate of drug-likeness (QED) is 0.744. The predicted molar refractivity (Wildman–Crippen MR) is 76.3 cm³/mol. The molecule has 0 saturated carbocycles. The standard InChI is InChI=1S/C13H14Br2O4/c14-9-10(15)12(16)18-8-6-17-13(19-11(8)9)7-4-2-1-3-5-7/h1-5,8-13,16H,6H2. The Morgan fingerprint density at radius 3 is 2.53 bits per heavy atom. The molecule has 0 aromatic heterocycles. The summed E-state index contributed by atoms with van der Waals surface area (Å²) in [6, 6.07) is 9.80. The molecule has 4 nitrogen and oxygen atoms in total. The summed E-state index contributed by atoms with van der Waals surface area (Å²) in [5, 5.41) is 9.76. The molecule has 6 atom stereocenters. The van der Waals surface area contributed by atoms with Crippen LogP contribution in [0.3, 0.4) is 0 Å². The summed E-state index contributed by atoms with van der Waals surface area (Å²) in [5.41, 5.74) is 0.984. The lowest BCUT2D eigenvalue weighted by Gasteiger charge is -2.45. The molecule has 19 heavy (non-hydrogen) atoms. The second kappa shape index (κ2) is 5.79. The minimum atomic E-state index is -0.855. The van der Waals surface area contributed by atoms with Gasteiger partial charge in [0.25, 0.3) is 0 Å². The van der Waals surface area contributed by atoms with Crippen LogP contribution in [-0.4, -0.2) is 39.9 Å². The second-order valence-electron chi connectivity index (χ2n) is 4.63. The van der Waals surface area contributed by atoms with Gasteiger partial charge in [-0.3, -0.25) is 0 Å². The average molecular weight is 394 g/mol. The number of halogens is 2. The number of alkyl halides is 2. The zero-order valence-electron chi connectivity index (χ0n) is 9.99. The second-order valence-corrected chi connectivity index (χ2v) is 6.75. The summed E-state index contributed by atoms with van der Waals surface area (Å²) >= 11 is 6.98. The van der Waals surface area contributed by atoms with Gasteiger partial charge in [0.05, 0.1) is 16.3 Å². The molecule has 1 N–H and O–H groups in total. The Bertz CT molecular complexity index is 428. The van der Waals surface area contributed by atoms with Crippen molar-refractivity contribution in [1.82, 2.24) is 0 Å². The molecule has 0 bridgehead atoms. The lowest BCUT2D eigenvalue weighted by Crippen LogP contribution is -2.57. The maximum absolute atomic E-state index is 9.76. The monoisotopic (exact) mass is 392 g/mol. The van der Waals surface area contributed by atoms with Gasteiger partial charge in [0.1, 0.15) is 12.2 Å². The maximum atomic E-state index is 9.76. The molecule has 2 heterocycles. The third-order valence-electron chi connectivity index (χ3n) is 3.34. The van der Waals surface area contributed by atoms with Crippen molar-refractivity contribution in [2.45, 2.75) is 34.4 Å². The van der Waals surface area contributed by atoms with E-state index in [2.05, 4.69) is 31.9 Å². The molecule has 0 spiro atoms. The van der Waals surface area contributed by atoms with Crippen molar-refractivity contribution in [3.05, 3.63) is 35.9 Å². The molecule has 0 amide bonds. The summed E-state index contributed by atoms with van der Waals surface area (Å²) < 4.78 is 17.1. The summed E-state index contributed by atoms with van der Waals surface area (Å²) in [6.07, 6.45) is -1.66. The van der Waals surface area contributed by atoms with Crippen molar-refractivity contribution >= 4 is 31.9 Å². The van der Waals surface area contributed by atoms with Crippen molar-refractivity contribution < 1.29 is 19.3 Å². The molecule has 0 radical (unpaired) electrons. The van der Waals surface area contributed by atoms with Crippen LogP contribution in [0.25, 0.3) is 0 Å². The first-order chi connectivity index (χ1) is 9.16. The minimum absolute atomic E-state index is 0.0311. The van der Waals surface area contributed by atoms with Crippen LogP contribution >= 0.6 is 31.9 Å². The Morgan fingerprint density at radius 2 is 1.79 bits per heavy atom. The highest BCUT2D eigenvalue weighted by Gasteiger charge is 2.47. The lowest BCUT2D eigenvalue weighted by atomic mass is 10.0.